The highest BCUT2D eigenvalue weighted by Crippen LogP contribution is 2.18. The Morgan fingerprint density at radius 3 is 2.48 bits per heavy atom. The van der Waals surface area contributed by atoms with E-state index >= 15 is 0 Å². The van der Waals surface area contributed by atoms with Crippen LogP contribution in [0.1, 0.15) is 39.2 Å². The Morgan fingerprint density at radius 1 is 1.30 bits per heavy atom. The molecule has 0 aliphatic rings. The number of benzene rings is 1. The summed E-state index contributed by atoms with van der Waals surface area (Å²) >= 11 is 0. The van der Waals surface area contributed by atoms with E-state index < -0.39 is 0 Å². The predicted octanol–water partition coefficient (Wildman–Crippen LogP) is 0.945. The van der Waals surface area contributed by atoms with Crippen molar-refractivity contribution in [1.29, 1.82) is 0 Å². The Hall–Kier alpha value is -1.32. The number of hydrogen-bond acceptors (Lipinski definition) is 2. The number of carbonyl (C=O) groups excluding carboxylic acids is 1. The molecule has 0 aliphatic carbocycles. The molecule has 0 radical (unpaired) electrons. The molecule has 0 saturated heterocycles. The molecular formula is C19H30ClNO2. The second kappa shape index (κ2) is 11.3. The van der Waals surface area contributed by atoms with Gasteiger partial charge in [-0.2, -0.15) is 0 Å². The fraction of sp³-hybridized carbons (Fsp3) is 0.526. The highest BCUT2D eigenvalue weighted by Gasteiger charge is 2.29. The number of ether oxygens (including phenoxy) is 1. The molecule has 0 fully saturated rings. The van der Waals surface area contributed by atoms with E-state index in [2.05, 4.69) is 44.7 Å². The third-order valence-corrected chi connectivity index (χ3v) is 4.15. The van der Waals surface area contributed by atoms with Gasteiger partial charge < -0.3 is 21.6 Å². The van der Waals surface area contributed by atoms with Crippen molar-refractivity contribution in [2.45, 2.75) is 46.3 Å². The maximum absolute atomic E-state index is 11.4. The van der Waals surface area contributed by atoms with Gasteiger partial charge in [0.05, 0.1) is 13.1 Å². The summed E-state index contributed by atoms with van der Waals surface area (Å²) in [6.07, 6.45) is 3.49. The maximum Gasteiger partial charge on any atom is 0.330 e. The summed E-state index contributed by atoms with van der Waals surface area (Å²) in [5.41, 5.74) is 1.34. The van der Waals surface area contributed by atoms with E-state index in [1.165, 1.54) is 24.5 Å². The van der Waals surface area contributed by atoms with Crippen LogP contribution in [0.5, 0.6) is 0 Å². The first kappa shape index (κ1) is 21.7. The van der Waals surface area contributed by atoms with Gasteiger partial charge in [-0.05, 0) is 20.3 Å². The number of quaternary nitrogens is 1. The number of likely N-dealkylation sites (N-methyl/N-ethyl adjacent to an activating group) is 1. The number of hydrogen-bond donors (Lipinski definition) is 0. The first-order valence-electron chi connectivity index (χ1n) is 8.27. The van der Waals surface area contributed by atoms with Gasteiger partial charge in [0.2, 0.25) is 0 Å². The molecule has 0 N–H and O–H groups in total. The summed E-state index contributed by atoms with van der Waals surface area (Å²) in [6.45, 7) is 13.8. The minimum Gasteiger partial charge on any atom is -1.00 e. The molecule has 0 amide bonds. The van der Waals surface area contributed by atoms with Gasteiger partial charge in [0.15, 0.2) is 0 Å². The van der Waals surface area contributed by atoms with Crippen LogP contribution in [-0.2, 0) is 16.1 Å². The van der Waals surface area contributed by atoms with Crippen molar-refractivity contribution in [3.8, 4) is 0 Å². The molecule has 23 heavy (non-hydrogen) atoms. The number of unbranched alkanes of at least 4 members (excludes halogenated alkanes) is 1. The lowest BCUT2D eigenvalue weighted by molar-refractivity contribution is -0.941. The second-order valence-corrected chi connectivity index (χ2v) is 6.01. The average molecular weight is 340 g/mol. The molecular weight excluding hydrogens is 310 g/mol. The first-order chi connectivity index (χ1) is 10.5. The van der Waals surface area contributed by atoms with E-state index in [-0.39, 0.29) is 24.5 Å². The molecule has 0 spiro atoms. The van der Waals surface area contributed by atoms with Crippen molar-refractivity contribution in [3.63, 3.8) is 0 Å². The van der Waals surface area contributed by atoms with E-state index in [0.717, 1.165) is 30.7 Å². The van der Waals surface area contributed by atoms with E-state index in [4.69, 9.17) is 4.74 Å². The van der Waals surface area contributed by atoms with Gasteiger partial charge in [0, 0.05) is 11.6 Å². The molecule has 1 rings (SSSR count). The molecule has 0 heterocycles. The van der Waals surface area contributed by atoms with Crippen LogP contribution in [0.2, 0.25) is 0 Å². The molecule has 4 heteroatoms. The Kier molecular flexibility index (Phi) is 10.6. The van der Waals surface area contributed by atoms with Crippen LogP contribution in [0.4, 0.5) is 0 Å². The van der Waals surface area contributed by atoms with Crippen molar-refractivity contribution in [2.24, 2.45) is 0 Å². The number of esters is 1. The monoisotopic (exact) mass is 339 g/mol. The van der Waals surface area contributed by atoms with E-state index in [1.807, 2.05) is 13.0 Å². The van der Waals surface area contributed by atoms with Gasteiger partial charge in [-0.25, -0.2) is 4.79 Å². The zero-order valence-electron chi connectivity index (χ0n) is 14.6. The van der Waals surface area contributed by atoms with Gasteiger partial charge in [0.1, 0.15) is 19.2 Å². The van der Waals surface area contributed by atoms with Crippen LogP contribution >= 0.6 is 0 Å². The molecule has 2 atom stereocenters. The lowest BCUT2D eigenvalue weighted by Gasteiger charge is -2.39. The van der Waals surface area contributed by atoms with E-state index in [0.29, 0.717) is 0 Å². The van der Waals surface area contributed by atoms with Gasteiger partial charge in [-0.15, -0.1) is 0 Å². The summed E-state index contributed by atoms with van der Waals surface area (Å²) in [5, 5.41) is 0. The molecule has 1 aromatic rings. The van der Waals surface area contributed by atoms with Crippen LogP contribution in [0.25, 0.3) is 0 Å². The third kappa shape index (κ3) is 7.67. The molecule has 0 saturated carbocycles. The fourth-order valence-corrected chi connectivity index (χ4v) is 2.93. The van der Waals surface area contributed by atoms with Crippen LogP contribution < -0.4 is 12.4 Å². The minimum atomic E-state index is -0.336. The molecule has 3 nitrogen and oxygen atoms in total. The highest BCUT2D eigenvalue weighted by molar-refractivity contribution is 5.81. The second-order valence-electron chi connectivity index (χ2n) is 6.01. The minimum absolute atomic E-state index is 0. The van der Waals surface area contributed by atoms with Crippen molar-refractivity contribution in [1.82, 2.24) is 0 Å². The van der Waals surface area contributed by atoms with Gasteiger partial charge in [-0.1, -0.05) is 50.3 Å². The standard InChI is InChI=1S/C19H30NO2.ClH/c1-5-8-14-20(7-3,15-17(4)22-19(21)6-2)16-18-12-10-9-11-13-18;/h6,9-13,17H,2,5,7-8,14-16H2,1,3-4H3;1H/q+1;/p-1. The summed E-state index contributed by atoms with van der Waals surface area (Å²) in [6, 6.07) is 10.6. The zero-order valence-corrected chi connectivity index (χ0v) is 15.4. The molecule has 1 aromatic carbocycles. The number of halogens is 1. The summed E-state index contributed by atoms with van der Waals surface area (Å²) in [4.78, 5) is 11.4. The van der Waals surface area contributed by atoms with Crippen LogP contribution in [0, 0.1) is 0 Å². The normalized spacial score (nSPS) is 14.2. The highest BCUT2D eigenvalue weighted by atomic mass is 35.5. The molecule has 0 aromatic heterocycles. The topological polar surface area (TPSA) is 26.3 Å². The summed E-state index contributed by atoms with van der Waals surface area (Å²) in [7, 11) is 0. The summed E-state index contributed by atoms with van der Waals surface area (Å²) < 4.78 is 6.35. The van der Waals surface area contributed by atoms with Crippen molar-refractivity contribution in [2.75, 3.05) is 19.6 Å². The van der Waals surface area contributed by atoms with Gasteiger partial charge >= 0.3 is 5.97 Å². The van der Waals surface area contributed by atoms with E-state index in [1.54, 1.807) is 0 Å². The lowest BCUT2D eigenvalue weighted by atomic mass is 10.1. The Morgan fingerprint density at radius 2 is 1.96 bits per heavy atom. The largest absolute Gasteiger partial charge is 1.00 e. The molecule has 130 valence electrons. The van der Waals surface area contributed by atoms with Crippen LogP contribution in [-0.4, -0.2) is 36.2 Å². The van der Waals surface area contributed by atoms with Crippen LogP contribution in [0.3, 0.4) is 0 Å². The Balaban J connectivity index is 0.00000484. The first-order valence-corrected chi connectivity index (χ1v) is 8.27. The van der Waals surface area contributed by atoms with Crippen LogP contribution in [0.15, 0.2) is 43.0 Å². The Bertz CT molecular complexity index is 464. The quantitative estimate of drug-likeness (QED) is 0.360. The fourth-order valence-electron chi connectivity index (χ4n) is 2.93. The van der Waals surface area contributed by atoms with Gasteiger partial charge in [-0.3, -0.25) is 0 Å². The smallest absolute Gasteiger partial charge is 0.330 e. The lowest BCUT2D eigenvalue weighted by Crippen LogP contribution is -3.00. The zero-order chi connectivity index (χ0) is 16.4. The van der Waals surface area contributed by atoms with Gasteiger partial charge in [0.25, 0.3) is 0 Å². The summed E-state index contributed by atoms with van der Waals surface area (Å²) in [5.74, 6) is -0.336. The average Bonchev–Trinajstić information content (AvgIpc) is 2.53. The van der Waals surface area contributed by atoms with Crippen molar-refractivity contribution < 1.29 is 26.4 Å². The SMILES string of the molecule is C=CC(=O)OC(C)C[N+](CC)(CCCC)Cc1ccccc1.[Cl-]. The molecule has 0 aliphatic heterocycles. The maximum atomic E-state index is 11.4. The number of nitrogens with zero attached hydrogens (tertiary/aromatic N) is 1. The predicted molar refractivity (Wildman–Crippen MR) is 91.3 cm³/mol. The third-order valence-electron chi connectivity index (χ3n) is 4.15. The van der Waals surface area contributed by atoms with E-state index in [9.17, 15) is 4.79 Å². The number of rotatable bonds is 10. The molecule has 2 unspecified atom stereocenters. The Labute approximate surface area is 147 Å². The number of carbonyl (C=O) groups is 1. The van der Waals surface area contributed by atoms with Crippen molar-refractivity contribution in [3.05, 3.63) is 48.6 Å². The molecule has 0 bridgehead atoms. The van der Waals surface area contributed by atoms with Crippen molar-refractivity contribution >= 4 is 5.97 Å².